The molecule has 0 radical (unpaired) electrons. The maximum absolute atomic E-state index is 5.71. The molecule has 2 rings (SSSR count). The third-order valence-corrected chi connectivity index (χ3v) is 3.60. The monoisotopic (exact) mass is 287 g/mol. The Morgan fingerprint density at radius 3 is 2.50 bits per heavy atom. The van der Waals surface area contributed by atoms with Gasteiger partial charge in [0.15, 0.2) is 0 Å². The van der Waals surface area contributed by atoms with Crippen LogP contribution in [0.2, 0.25) is 0 Å². The van der Waals surface area contributed by atoms with E-state index in [0.717, 1.165) is 18.0 Å². The SMILES string of the molecule is CSc1ccc(NCc2cccc(OC(C)C)c2)cc1. The van der Waals surface area contributed by atoms with Crippen molar-refractivity contribution >= 4 is 17.4 Å². The summed E-state index contributed by atoms with van der Waals surface area (Å²) in [6, 6.07) is 16.7. The van der Waals surface area contributed by atoms with Crippen LogP contribution in [0.4, 0.5) is 5.69 Å². The van der Waals surface area contributed by atoms with E-state index in [0.29, 0.717) is 0 Å². The van der Waals surface area contributed by atoms with Crippen LogP contribution in [0.3, 0.4) is 0 Å². The van der Waals surface area contributed by atoms with Gasteiger partial charge in [0.25, 0.3) is 0 Å². The Morgan fingerprint density at radius 2 is 1.85 bits per heavy atom. The van der Waals surface area contributed by atoms with E-state index < -0.39 is 0 Å². The fourth-order valence-electron chi connectivity index (χ4n) is 1.91. The van der Waals surface area contributed by atoms with Crippen LogP contribution in [0.15, 0.2) is 53.4 Å². The minimum absolute atomic E-state index is 0.206. The topological polar surface area (TPSA) is 21.3 Å². The molecule has 2 aromatic carbocycles. The largest absolute Gasteiger partial charge is 0.491 e. The van der Waals surface area contributed by atoms with Crippen molar-refractivity contribution in [2.45, 2.75) is 31.4 Å². The second-order valence-corrected chi connectivity index (χ2v) is 5.78. The lowest BCUT2D eigenvalue weighted by Gasteiger charge is -2.12. The zero-order valence-electron chi connectivity index (χ0n) is 12.2. The van der Waals surface area contributed by atoms with Crippen LogP contribution in [0.5, 0.6) is 5.75 Å². The van der Waals surface area contributed by atoms with Crippen molar-refractivity contribution in [3.8, 4) is 5.75 Å². The average molecular weight is 287 g/mol. The standard InChI is InChI=1S/C17H21NOS/c1-13(2)19-16-6-4-5-14(11-16)12-18-15-7-9-17(20-3)10-8-15/h4-11,13,18H,12H2,1-3H3. The zero-order chi connectivity index (χ0) is 14.4. The van der Waals surface area contributed by atoms with Gasteiger partial charge in [-0.15, -0.1) is 11.8 Å². The molecule has 0 bridgehead atoms. The number of benzene rings is 2. The van der Waals surface area contributed by atoms with Crippen molar-refractivity contribution in [3.63, 3.8) is 0 Å². The van der Waals surface area contributed by atoms with E-state index in [1.165, 1.54) is 10.5 Å². The minimum atomic E-state index is 0.206. The van der Waals surface area contributed by atoms with Crippen molar-refractivity contribution < 1.29 is 4.74 Å². The Bertz CT molecular complexity index is 537. The van der Waals surface area contributed by atoms with Gasteiger partial charge in [-0.3, -0.25) is 0 Å². The van der Waals surface area contributed by atoms with Crippen LogP contribution in [-0.2, 0) is 6.54 Å². The molecule has 0 aliphatic heterocycles. The van der Waals surface area contributed by atoms with Crippen LogP contribution >= 0.6 is 11.8 Å². The van der Waals surface area contributed by atoms with E-state index in [2.05, 4.69) is 48.0 Å². The van der Waals surface area contributed by atoms with Crippen molar-refractivity contribution in [3.05, 3.63) is 54.1 Å². The van der Waals surface area contributed by atoms with E-state index in [-0.39, 0.29) is 6.10 Å². The van der Waals surface area contributed by atoms with Crippen molar-refractivity contribution in [1.29, 1.82) is 0 Å². The van der Waals surface area contributed by atoms with Gasteiger partial charge in [-0.2, -0.15) is 0 Å². The lowest BCUT2D eigenvalue weighted by molar-refractivity contribution is 0.242. The predicted molar refractivity (Wildman–Crippen MR) is 87.8 cm³/mol. The predicted octanol–water partition coefficient (Wildman–Crippen LogP) is 4.81. The third-order valence-electron chi connectivity index (χ3n) is 2.86. The molecule has 0 unspecified atom stereocenters. The van der Waals surface area contributed by atoms with Gasteiger partial charge in [-0.25, -0.2) is 0 Å². The van der Waals surface area contributed by atoms with Crippen LogP contribution < -0.4 is 10.1 Å². The zero-order valence-corrected chi connectivity index (χ0v) is 13.0. The molecule has 20 heavy (non-hydrogen) atoms. The molecule has 0 spiro atoms. The first-order valence-electron chi connectivity index (χ1n) is 6.81. The molecule has 2 nitrogen and oxygen atoms in total. The van der Waals surface area contributed by atoms with Gasteiger partial charge in [0.2, 0.25) is 0 Å². The number of ether oxygens (including phenoxy) is 1. The van der Waals surface area contributed by atoms with Crippen LogP contribution in [0.25, 0.3) is 0 Å². The number of hydrogen-bond donors (Lipinski definition) is 1. The van der Waals surface area contributed by atoms with Gasteiger partial charge in [0.05, 0.1) is 6.10 Å². The van der Waals surface area contributed by atoms with Crippen molar-refractivity contribution in [1.82, 2.24) is 0 Å². The summed E-state index contributed by atoms with van der Waals surface area (Å²) in [6.07, 6.45) is 2.29. The number of hydrogen-bond acceptors (Lipinski definition) is 3. The average Bonchev–Trinajstić information content (AvgIpc) is 2.45. The Labute approximate surface area is 125 Å². The van der Waals surface area contributed by atoms with E-state index in [4.69, 9.17) is 4.74 Å². The molecule has 0 aliphatic rings. The van der Waals surface area contributed by atoms with Crippen molar-refractivity contribution in [2.24, 2.45) is 0 Å². The Balaban J connectivity index is 1.95. The highest BCUT2D eigenvalue weighted by Gasteiger charge is 2.00. The van der Waals surface area contributed by atoms with Crippen LogP contribution in [0, 0.1) is 0 Å². The number of thioether (sulfide) groups is 1. The maximum atomic E-state index is 5.71. The van der Waals surface area contributed by atoms with Gasteiger partial charge >= 0.3 is 0 Å². The molecule has 1 N–H and O–H groups in total. The lowest BCUT2D eigenvalue weighted by Crippen LogP contribution is -2.06. The van der Waals surface area contributed by atoms with E-state index >= 15 is 0 Å². The summed E-state index contributed by atoms with van der Waals surface area (Å²) in [4.78, 5) is 1.28. The smallest absolute Gasteiger partial charge is 0.120 e. The molecule has 0 amide bonds. The summed E-state index contributed by atoms with van der Waals surface area (Å²) >= 11 is 1.76. The highest BCUT2D eigenvalue weighted by Crippen LogP contribution is 2.19. The first kappa shape index (κ1) is 14.8. The van der Waals surface area contributed by atoms with E-state index in [9.17, 15) is 0 Å². The van der Waals surface area contributed by atoms with Gasteiger partial charge < -0.3 is 10.1 Å². The molecule has 3 heteroatoms. The molecule has 0 atom stereocenters. The highest BCUT2D eigenvalue weighted by molar-refractivity contribution is 7.98. The van der Waals surface area contributed by atoms with E-state index in [1.54, 1.807) is 11.8 Å². The minimum Gasteiger partial charge on any atom is -0.491 e. The third kappa shape index (κ3) is 4.49. The van der Waals surface area contributed by atoms with E-state index in [1.807, 2.05) is 26.0 Å². The summed E-state index contributed by atoms with van der Waals surface area (Å²) in [6.45, 7) is 4.88. The maximum Gasteiger partial charge on any atom is 0.120 e. The second-order valence-electron chi connectivity index (χ2n) is 4.90. The quantitative estimate of drug-likeness (QED) is 0.771. The van der Waals surface area contributed by atoms with Crippen LogP contribution in [0.1, 0.15) is 19.4 Å². The molecule has 106 valence electrons. The molecular weight excluding hydrogens is 266 g/mol. The normalized spacial score (nSPS) is 10.6. The Hall–Kier alpha value is -1.61. The molecular formula is C17H21NOS. The summed E-state index contributed by atoms with van der Waals surface area (Å²) < 4.78 is 5.71. The fraction of sp³-hybridized carbons (Fsp3) is 0.294. The molecule has 2 aromatic rings. The molecule has 0 saturated carbocycles. The first-order valence-corrected chi connectivity index (χ1v) is 8.03. The molecule has 0 aliphatic carbocycles. The Morgan fingerprint density at radius 1 is 1.10 bits per heavy atom. The lowest BCUT2D eigenvalue weighted by atomic mass is 10.2. The second kappa shape index (κ2) is 7.25. The van der Waals surface area contributed by atoms with Crippen LogP contribution in [-0.4, -0.2) is 12.4 Å². The number of rotatable bonds is 6. The van der Waals surface area contributed by atoms with Gasteiger partial charge in [-0.1, -0.05) is 12.1 Å². The molecule has 0 saturated heterocycles. The van der Waals surface area contributed by atoms with Gasteiger partial charge in [-0.05, 0) is 62.1 Å². The first-order chi connectivity index (χ1) is 9.67. The van der Waals surface area contributed by atoms with Gasteiger partial charge in [0.1, 0.15) is 5.75 Å². The fourth-order valence-corrected chi connectivity index (χ4v) is 2.32. The summed E-state index contributed by atoms with van der Waals surface area (Å²) in [7, 11) is 0. The molecule has 0 aromatic heterocycles. The van der Waals surface area contributed by atoms with Crippen molar-refractivity contribution in [2.75, 3.05) is 11.6 Å². The number of nitrogens with one attached hydrogen (secondary N) is 1. The molecule has 0 heterocycles. The highest BCUT2D eigenvalue weighted by atomic mass is 32.2. The number of anilines is 1. The summed E-state index contributed by atoms with van der Waals surface area (Å²) in [5, 5.41) is 3.43. The Kier molecular flexibility index (Phi) is 5.36. The van der Waals surface area contributed by atoms with Gasteiger partial charge in [0, 0.05) is 17.1 Å². The molecule has 0 fully saturated rings. The summed E-state index contributed by atoms with van der Waals surface area (Å²) in [5.74, 6) is 0.928. The summed E-state index contributed by atoms with van der Waals surface area (Å²) in [5.41, 5.74) is 2.36.